The zero-order chi connectivity index (χ0) is 20.1. The van der Waals surface area contributed by atoms with Crippen LogP contribution in [0.15, 0.2) is 48.8 Å². The lowest BCUT2D eigenvalue weighted by molar-refractivity contribution is -0.131. The van der Waals surface area contributed by atoms with Crippen LogP contribution < -0.4 is 10.6 Å². The van der Waals surface area contributed by atoms with Gasteiger partial charge in [0.2, 0.25) is 11.4 Å². The molecule has 1 fully saturated rings. The van der Waals surface area contributed by atoms with E-state index in [4.69, 9.17) is 0 Å². The fourth-order valence-electron chi connectivity index (χ4n) is 2.82. The van der Waals surface area contributed by atoms with Crippen LogP contribution in [0, 0.1) is 18.8 Å². The molecule has 4 amide bonds. The summed E-state index contributed by atoms with van der Waals surface area (Å²) in [7, 11) is 0. The van der Waals surface area contributed by atoms with Gasteiger partial charge in [0.1, 0.15) is 0 Å². The lowest BCUT2D eigenvalue weighted by Gasteiger charge is -2.29. The molecule has 2 aromatic rings. The van der Waals surface area contributed by atoms with E-state index in [1.54, 1.807) is 24.5 Å². The van der Waals surface area contributed by atoms with Gasteiger partial charge in [0.15, 0.2) is 0 Å². The van der Waals surface area contributed by atoms with Crippen molar-refractivity contribution in [3.63, 3.8) is 0 Å². The summed E-state index contributed by atoms with van der Waals surface area (Å²) in [5, 5.41) is 4.79. The summed E-state index contributed by atoms with van der Waals surface area (Å²) in [4.78, 5) is 42.0. The minimum absolute atomic E-state index is 0.0684. The first-order chi connectivity index (χ1) is 13.4. The Hall–Kier alpha value is -3.66. The number of carbonyl (C=O) groups excluding carboxylic acids is 3. The van der Waals surface area contributed by atoms with Gasteiger partial charge in [-0.2, -0.15) is 0 Å². The first-order valence-corrected chi connectivity index (χ1v) is 8.76. The van der Waals surface area contributed by atoms with Gasteiger partial charge in [-0.3, -0.25) is 19.9 Å². The Morgan fingerprint density at radius 1 is 1.21 bits per heavy atom. The minimum Gasteiger partial charge on any atom is -0.335 e. The van der Waals surface area contributed by atoms with Crippen molar-refractivity contribution in [2.75, 3.05) is 6.54 Å². The lowest BCUT2D eigenvalue weighted by Crippen LogP contribution is -2.55. The summed E-state index contributed by atoms with van der Waals surface area (Å²) in [5.41, 5.74) is 1.10. The highest BCUT2D eigenvalue weighted by Gasteiger charge is 2.47. The molecule has 0 saturated carbocycles. The molecule has 0 radical (unpaired) electrons. The van der Waals surface area contributed by atoms with Crippen LogP contribution >= 0.6 is 0 Å². The maximum absolute atomic E-state index is 12.5. The van der Waals surface area contributed by atoms with Gasteiger partial charge in [-0.1, -0.05) is 41.7 Å². The van der Waals surface area contributed by atoms with Crippen LogP contribution in [0.2, 0.25) is 0 Å². The SMILES string of the molecule is CC(=O)N(Cc1ccc(C)cc1)C[C@]1(C#Cc2cccnc2)NC(=O)NC1=O. The molecule has 7 heteroatoms. The number of hydrogen-bond donors (Lipinski definition) is 2. The van der Waals surface area contributed by atoms with Crippen molar-refractivity contribution >= 4 is 17.8 Å². The smallest absolute Gasteiger partial charge is 0.323 e. The topological polar surface area (TPSA) is 91.4 Å². The molecule has 0 spiro atoms. The summed E-state index contributed by atoms with van der Waals surface area (Å²) in [6, 6.07) is 10.6. The summed E-state index contributed by atoms with van der Waals surface area (Å²) >= 11 is 0. The van der Waals surface area contributed by atoms with E-state index in [0.717, 1.165) is 11.1 Å². The number of benzene rings is 1. The third-order valence-corrected chi connectivity index (χ3v) is 4.39. The lowest BCUT2D eigenvalue weighted by atomic mass is 9.98. The van der Waals surface area contributed by atoms with Crippen molar-refractivity contribution in [3.8, 4) is 11.8 Å². The van der Waals surface area contributed by atoms with Crippen molar-refractivity contribution < 1.29 is 14.4 Å². The molecule has 3 rings (SSSR count). The standard InChI is InChI=1S/C21H20N4O3/c1-15-5-7-18(8-6-15)13-25(16(2)26)14-21(19(27)23-20(28)24-21)10-9-17-4-3-11-22-12-17/h3-8,11-12H,13-14H2,1-2H3,(H2,23,24,27,28)/t21-/m0/s1. The third kappa shape index (κ3) is 4.35. The Morgan fingerprint density at radius 3 is 2.54 bits per heavy atom. The largest absolute Gasteiger partial charge is 0.335 e. The predicted molar refractivity (Wildman–Crippen MR) is 103 cm³/mol. The van der Waals surface area contributed by atoms with Gasteiger partial charge in [0.25, 0.3) is 5.91 Å². The van der Waals surface area contributed by atoms with Gasteiger partial charge < -0.3 is 10.2 Å². The first kappa shape index (κ1) is 19.1. The summed E-state index contributed by atoms with van der Waals surface area (Å²) in [6.45, 7) is 3.63. The Balaban J connectivity index is 1.90. The van der Waals surface area contributed by atoms with Crippen LogP contribution in [0.25, 0.3) is 0 Å². The Kier molecular flexibility index (Phi) is 5.41. The fraction of sp³-hybridized carbons (Fsp3) is 0.238. The average Bonchev–Trinajstić information content (AvgIpc) is 2.95. The molecule has 1 aromatic carbocycles. The molecule has 2 N–H and O–H groups in total. The van der Waals surface area contributed by atoms with Crippen LogP contribution in [-0.2, 0) is 16.1 Å². The van der Waals surface area contributed by atoms with E-state index in [2.05, 4.69) is 27.5 Å². The van der Waals surface area contributed by atoms with Gasteiger partial charge in [-0.05, 0) is 24.6 Å². The molecule has 0 unspecified atom stereocenters. The highest BCUT2D eigenvalue weighted by molar-refractivity contribution is 6.09. The van der Waals surface area contributed by atoms with E-state index in [9.17, 15) is 14.4 Å². The van der Waals surface area contributed by atoms with Crippen molar-refractivity contribution in [3.05, 3.63) is 65.5 Å². The first-order valence-electron chi connectivity index (χ1n) is 8.76. The van der Waals surface area contributed by atoms with Gasteiger partial charge in [0, 0.05) is 31.4 Å². The molecule has 142 valence electrons. The number of pyridine rings is 1. The zero-order valence-electron chi connectivity index (χ0n) is 15.7. The van der Waals surface area contributed by atoms with Crippen molar-refractivity contribution in [2.45, 2.75) is 25.9 Å². The van der Waals surface area contributed by atoms with E-state index in [1.807, 2.05) is 31.2 Å². The summed E-state index contributed by atoms with van der Waals surface area (Å²) in [6.07, 6.45) is 3.18. The van der Waals surface area contributed by atoms with Crippen LogP contribution in [-0.4, -0.2) is 39.8 Å². The fourth-order valence-corrected chi connectivity index (χ4v) is 2.82. The molecule has 1 aromatic heterocycles. The second-order valence-corrected chi connectivity index (χ2v) is 6.67. The molecular weight excluding hydrogens is 356 g/mol. The molecule has 0 bridgehead atoms. The third-order valence-electron chi connectivity index (χ3n) is 4.39. The van der Waals surface area contributed by atoms with Crippen LogP contribution in [0.4, 0.5) is 4.79 Å². The number of carbonyl (C=O) groups is 3. The Morgan fingerprint density at radius 2 is 1.96 bits per heavy atom. The quantitative estimate of drug-likeness (QED) is 0.623. The minimum atomic E-state index is -1.52. The number of imide groups is 1. The maximum atomic E-state index is 12.5. The van der Waals surface area contributed by atoms with Gasteiger partial charge in [-0.25, -0.2) is 4.79 Å². The number of nitrogens with zero attached hydrogens (tertiary/aromatic N) is 2. The van der Waals surface area contributed by atoms with Gasteiger partial charge in [0.05, 0.1) is 6.54 Å². The predicted octanol–water partition coefficient (Wildman–Crippen LogP) is 1.37. The number of urea groups is 1. The van der Waals surface area contributed by atoms with Crippen LogP contribution in [0.3, 0.4) is 0 Å². The second kappa shape index (κ2) is 7.92. The highest BCUT2D eigenvalue weighted by Crippen LogP contribution is 2.16. The number of aromatic nitrogens is 1. The van der Waals surface area contributed by atoms with E-state index in [0.29, 0.717) is 12.1 Å². The molecule has 7 nitrogen and oxygen atoms in total. The summed E-state index contributed by atoms with van der Waals surface area (Å²) < 4.78 is 0. The molecule has 28 heavy (non-hydrogen) atoms. The van der Waals surface area contributed by atoms with Crippen molar-refractivity contribution in [1.29, 1.82) is 0 Å². The number of nitrogens with one attached hydrogen (secondary N) is 2. The maximum Gasteiger partial charge on any atom is 0.323 e. The normalized spacial score (nSPS) is 17.9. The molecular formula is C21H20N4O3. The van der Waals surface area contributed by atoms with E-state index >= 15 is 0 Å². The van der Waals surface area contributed by atoms with E-state index in [-0.39, 0.29) is 12.5 Å². The van der Waals surface area contributed by atoms with E-state index < -0.39 is 17.5 Å². The Bertz CT molecular complexity index is 961. The molecule has 1 aliphatic rings. The molecule has 1 saturated heterocycles. The molecule has 2 heterocycles. The van der Waals surface area contributed by atoms with E-state index in [1.165, 1.54) is 11.8 Å². The van der Waals surface area contributed by atoms with Gasteiger partial charge >= 0.3 is 6.03 Å². The molecule has 0 aliphatic carbocycles. The number of amides is 4. The number of aryl methyl sites for hydroxylation is 1. The summed E-state index contributed by atoms with van der Waals surface area (Å²) in [5.74, 6) is 4.91. The molecule has 1 aliphatic heterocycles. The second-order valence-electron chi connectivity index (χ2n) is 6.67. The number of hydrogen-bond acceptors (Lipinski definition) is 4. The molecule has 1 atom stereocenters. The van der Waals surface area contributed by atoms with Crippen molar-refractivity contribution in [1.82, 2.24) is 20.5 Å². The van der Waals surface area contributed by atoms with Crippen LogP contribution in [0.5, 0.6) is 0 Å². The number of rotatable bonds is 4. The Labute approximate surface area is 163 Å². The van der Waals surface area contributed by atoms with Crippen molar-refractivity contribution in [2.24, 2.45) is 0 Å². The average molecular weight is 376 g/mol. The van der Waals surface area contributed by atoms with Crippen LogP contribution in [0.1, 0.15) is 23.6 Å². The van der Waals surface area contributed by atoms with Gasteiger partial charge in [-0.15, -0.1) is 0 Å². The zero-order valence-corrected chi connectivity index (χ0v) is 15.7. The highest BCUT2D eigenvalue weighted by atomic mass is 16.2. The monoisotopic (exact) mass is 376 g/mol.